The van der Waals surface area contributed by atoms with Crippen molar-refractivity contribution in [3.05, 3.63) is 92.6 Å². The van der Waals surface area contributed by atoms with E-state index in [-0.39, 0.29) is 11.8 Å². The maximum atomic E-state index is 13.5. The zero-order chi connectivity index (χ0) is 21.8. The second-order valence-electron chi connectivity index (χ2n) is 7.36. The number of fused-ring (bicyclic) bond motifs is 1. The number of nitrogens with zero attached hydrogens (tertiary/aromatic N) is 1. The van der Waals surface area contributed by atoms with Crippen LogP contribution in [0.5, 0.6) is 0 Å². The Kier molecular flexibility index (Phi) is 6.70. The van der Waals surface area contributed by atoms with Gasteiger partial charge in [-0.25, -0.2) is 0 Å². The number of carbonyl (C=O) groups excluding carboxylic acids is 2. The second-order valence-corrected chi connectivity index (χ2v) is 8.78. The van der Waals surface area contributed by atoms with Gasteiger partial charge in [0.25, 0.3) is 5.91 Å². The lowest BCUT2D eigenvalue weighted by atomic mass is 9.81. The monoisotopic (exact) mass is 454 g/mol. The van der Waals surface area contributed by atoms with Crippen LogP contribution in [0.1, 0.15) is 38.3 Å². The summed E-state index contributed by atoms with van der Waals surface area (Å²) < 4.78 is 5.26. The summed E-state index contributed by atoms with van der Waals surface area (Å²) in [5.41, 5.74) is 2.24. The molecule has 0 unspecified atom stereocenters. The van der Waals surface area contributed by atoms with Crippen LogP contribution in [0, 0.1) is 0 Å². The summed E-state index contributed by atoms with van der Waals surface area (Å²) >= 11 is 7.63. The predicted octanol–water partition coefficient (Wildman–Crippen LogP) is 4.65. The van der Waals surface area contributed by atoms with Gasteiger partial charge in [0, 0.05) is 35.7 Å². The minimum absolute atomic E-state index is 0.0788. The Hall–Kier alpha value is -2.67. The third-order valence-corrected chi connectivity index (χ3v) is 6.63. The first kappa shape index (κ1) is 21.6. The van der Waals surface area contributed by atoms with Crippen LogP contribution < -0.4 is 5.32 Å². The van der Waals surface area contributed by atoms with Gasteiger partial charge in [-0.05, 0) is 40.8 Å². The van der Waals surface area contributed by atoms with E-state index in [0.717, 1.165) is 16.0 Å². The van der Waals surface area contributed by atoms with Gasteiger partial charge in [0.1, 0.15) is 0 Å². The van der Waals surface area contributed by atoms with E-state index in [0.29, 0.717) is 30.3 Å². The molecule has 4 rings (SSSR count). The summed E-state index contributed by atoms with van der Waals surface area (Å²) in [4.78, 5) is 29.6. The van der Waals surface area contributed by atoms with Crippen LogP contribution in [0.4, 0.5) is 0 Å². The van der Waals surface area contributed by atoms with E-state index in [1.165, 1.54) is 0 Å². The number of halogens is 1. The summed E-state index contributed by atoms with van der Waals surface area (Å²) in [7, 11) is 1.61. The molecule has 0 radical (unpaired) electrons. The fourth-order valence-electron chi connectivity index (χ4n) is 4.03. The summed E-state index contributed by atoms with van der Waals surface area (Å²) in [6, 6.07) is 18.3. The SMILES string of the molecule is COCCN1C(=O)c2ccccc2[C@H](C(=O)NCc2cccc(Cl)c2)[C@@H]1c1cccs1. The smallest absolute Gasteiger partial charge is 0.254 e. The molecule has 160 valence electrons. The van der Waals surface area contributed by atoms with Crippen molar-refractivity contribution in [1.29, 1.82) is 0 Å². The van der Waals surface area contributed by atoms with Crippen molar-refractivity contribution in [3.63, 3.8) is 0 Å². The number of carbonyl (C=O) groups is 2. The van der Waals surface area contributed by atoms with Gasteiger partial charge in [-0.1, -0.05) is 48.0 Å². The number of nitrogens with one attached hydrogen (secondary N) is 1. The van der Waals surface area contributed by atoms with Gasteiger partial charge in [-0.15, -0.1) is 11.3 Å². The predicted molar refractivity (Wildman–Crippen MR) is 122 cm³/mol. The molecular weight excluding hydrogens is 432 g/mol. The molecule has 0 bridgehead atoms. The zero-order valence-corrected chi connectivity index (χ0v) is 18.7. The van der Waals surface area contributed by atoms with Crippen molar-refractivity contribution in [2.24, 2.45) is 0 Å². The van der Waals surface area contributed by atoms with Crippen LogP contribution in [-0.4, -0.2) is 37.0 Å². The normalized spacial score (nSPS) is 18.0. The minimum Gasteiger partial charge on any atom is -0.383 e. The molecule has 2 amide bonds. The van der Waals surface area contributed by atoms with E-state index in [4.69, 9.17) is 16.3 Å². The molecule has 31 heavy (non-hydrogen) atoms. The lowest BCUT2D eigenvalue weighted by Gasteiger charge is -2.41. The number of benzene rings is 2. The summed E-state index contributed by atoms with van der Waals surface area (Å²) in [5.74, 6) is -0.728. The molecule has 5 nitrogen and oxygen atoms in total. The quantitative estimate of drug-likeness (QED) is 0.565. The maximum absolute atomic E-state index is 13.5. The van der Waals surface area contributed by atoms with E-state index < -0.39 is 12.0 Å². The lowest BCUT2D eigenvalue weighted by molar-refractivity contribution is -0.124. The molecule has 1 N–H and O–H groups in total. The van der Waals surface area contributed by atoms with Crippen molar-refractivity contribution < 1.29 is 14.3 Å². The second kappa shape index (κ2) is 9.64. The zero-order valence-electron chi connectivity index (χ0n) is 17.1. The molecule has 1 aliphatic heterocycles. The first-order valence-corrected chi connectivity index (χ1v) is 11.3. The molecule has 7 heteroatoms. The Morgan fingerprint density at radius 3 is 2.74 bits per heavy atom. The van der Waals surface area contributed by atoms with Crippen LogP contribution in [0.15, 0.2) is 66.0 Å². The Balaban J connectivity index is 1.71. The first-order chi connectivity index (χ1) is 15.1. The van der Waals surface area contributed by atoms with Crippen molar-refractivity contribution in [1.82, 2.24) is 10.2 Å². The van der Waals surface area contributed by atoms with Gasteiger partial charge in [-0.3, -0.25) is 9.59 Å². The van der Waals surface area contributed by atoms with E-state index in [2.05, 4.69) is 5.32 Å². The fourth-order valence-corrected chi connectivity index (χ4v) is 5.12. The maximum Gasteiger partial charge on any atom is 0.254 e. The molecule has 0 saturated carbocycles. The van der Waals surface area contributed by atoms with Crippen molar-refractivity contribution >= 4 is 34.8 Å². The first-order valence-electron chi connectivity index (χ1n) is 10.0. The Morgan fingerprint density at radius 1 is 1.16 bits per heavy atom. The number of thiophene rings is 1. The van der Waals surface area contributed by atoms with Gasteiger partial charge in [0.05, 0.1) is 18.6 Å². The molecule has 2 atom stereocenters. The molecule has 1 aromatic heterocycles. The third-order valence-electron chi connectivity index (χ3n) is 5.45. The van der Waals surface area contributed by atoms with Gasteiger partial charge < -0.3 is 15.0 Å². The third kappa shape index (κ3) is 4.51. The highest BCUT2D eigenvalue weighted by atomic mass is 35.5. The number of ether oxygens (including phenoxy) is 1. The molecule has 0 aliphatic carbocycles. The van der Waals surface area contributed by atoms with Gasteiger partial charge in [-0.2, -0.15) is 0 Å². The minimum atomic E-state index is -0.524. The Labute approximate surface area is 190 Å². The van der Waals surface area contributed by atoms with Crippen molar-refractivity contribution in [3.8, 4) is 0 Å². The molecule has 0 fully saturated rings. The number of amides is 2. The molecule has 2 aromatic carbocycles. The number of methoxy groups -OCH3 is 1. The lowest BCUT2D eigenvalue weighted by Crippen LogP contribution is -2.48. The molecule has 1 aliphatic rings. The molecule has 2 heterocycles. The average Bonchev–Trinajstić information content (AvgIpc) is 3.31. The highest BCUT2D eigenvalue weighted by Crippen LogP contribution is 2.44. The van der Waals surface area contributed by atoms with Crippen LogP contribution >= 0.6 is 22.9 Å². The molecule has 0 saturated heterocycles. The highest BCUT2D eigenvalue weighted by Gasteiger charge is 2.44. The van der Waals surface area contributed by atoms with Crippen LogP contribution in [0.25, 0.3) is 0 Å². The van der Waals surface area contributed by atoms with E-state index in [1.54, 1.807) is 35.5 Å². The highest BCUT2D eigenvalue weighted by molar-refractivity contribution is 7.10. The average molecular weight is 455 g/mol. The van der Waals surface area contributed by atoms with E-state index in [1.807, 2.05) is 53.9 Å². The summed E-state index contributed by atoms with van der Waals surface area (Å²) in [5, 5.41) is 5.65. The molecule has 3 aromatic rings. The fraction of sp³-hybridized carbons (Fsp3) is 0.250. The van der Waals surface area contributed by atoms with E-state index in [9.17, 15) is 9.59 Å². The van der Waals surface area contributed by atoms with Gasteiger partial charge in [0.15, 0.2) is 0 Å². The van der Waals surface area contributed by atoms with Gasteiger partial charge in [0.2, 0.25) is 5.91 Å². The summed E-state index contributed by atoms with van der Waals surface area (Å²) in [6.45, 7) is 1.16. The summed E-state index contributed by atoms with van der Waals surface area (Å²) in [6.07, 6.45) is 0. The standard InChI is InChI=1S/C24H23ClN2O3S/c1-30-12-11-27-22(20-10-5-13-31-20)21(18-8-2-3-9-19(18)24(27)29)23(28)26-15-16-6-4-7-17(25)14-16/h2-10,13-14,21-22H,11-12,15H2,1H3,(H,26,28)/t21-,22-/m0/s1. The number of hydrogen-bond acceptors (Lipinski definition) is 4. The van der Waals surface area contributed by atoms with Crippen LogP contribution in [0.2, 0.25) is 5.02 Å². The van der Waals surface area contributed by atoms with Crippen LogP contribution in [-0.2, 0) is 16.1 Å². The van der Waals surface area contributed by atoms with Gasteiger partial charge >= 0.3 is 0 Å². The van der Waals surface area contributed by atoms with Crippen LogP contribution in [0.3, 0.4) is 0 Å². The van der Waals surface area contributed by atoms with E-state index >= 15 is 0 Å². The Morgan fingerprint density at radius 2 is 2.00 bits per heavy atom. The van der Waals surface area contributed by atoms with Crippen molar-refractivity contribution in [2.45, 2.75) is 18.5 Å². The number of rotatable bonds is 7. The largest absolute Gasteiger partial charge is 0.383 e. The Bertz CT molecular complexity index is 1070. The molecule has 0 spiro atoms. The number of hydrogen-bond donors (Lipinski definition) is 1. The topological polar surface area (TPSA) is 58.6 Å². The molecular formula is C24H23ClN2O3S. The van der Waals surface area contributed by atoms with Crippen molar-refractivity contribution in [2.75, 3.05) is 20.3 Å².